The van der Waals surface area contributed by atoms with E-state index in [1.807, 2.05) is 0 Å². The van der Waals surface area contributed by atoms with Crippen LogP contribution in [-0.2, 0) is 6.18 Å². The van der Waals surface area contributed by atoms with E-state index in [9.17, 15) is 18.0 Å². The Balaban J connectivity index is 0.00000243. The van der Waals surface area contributed by atoms with Crippen molar-refractivity contribution in [1.29, 1.82) is 0 Å². The van der Waals surface area contributed by atoms with Crippen LogP contribution in [0.25, 0.3) is 11.5 Å². The maximum absolute atomic E-state index is 13.3. The number of aromatic nitrogens is 2. The molecule has 0 aliphatic heterocycles. The van der Waals surface area contributed by atoms with Gasteiger partial charge in [0.25, 0.3) is 0 Å². The van der Waals surface area contributed by atoms with Crippen molar-refractivity contribution in [1.82, 2.24) is 10.2 Å². The van der Waals surface area contributed by atoms with Gasteiger partial charge in [0.2, 0.25) is 5.89 Å². The van der Waals surface area contributed by atoms with Gasteiger partial charge in [-0.25, -0.2) is 9.89 Å². The zero-order valence-corrected chi connectivity index (χ0v) is 14.6. The van der Waals surface area contributed by atoms with Gasteiger partial charge in [0, 0.05) is 23.8 Å². The summed E-state index contributed by atoms with van der Waals surface area (Å²) in [6.45, 7) is 0.434. The lowest BCUT2D eigenvalue weighted by molar-refractivity contribution is -0.136. The molecule has 0 atom stereocenters. The minimum atomic E-state index is -4.48. The number of hydrogen-bond donors (Lipinski definition) is 3. The SMILES string of the molecule is Cl.NC1CCC(CNc2cc(-c3n[nH]c(=O)o3)ccc2C(F)(F)F)CC1. The maximum Gasteiger partial charge on any atom is 0.434 e. The number of H-pyrrole nitrogens is 1. The van der Waals surface area contributed by atoms with Crippen molar-refractivity contribution in [2.24, 2.45) is 11.7 Å². The van der Waals surface area contributed by atoms with E-state index in [2.05, 4.69) is 15.5 Å². The Morgan fingerprint density at radius 2 is 1.96 bits per heavy atom. The number of nitrogens with zero attached hydrogens (tertiary/aromatic N) is 1. The molecular weight excluding hydrogens is 373 g/mol. The third kappa shape index (κ3) is 4.79. The third-order valence-electron chi connectivity index (χ3n) is 4.48. The largest absolute Gasteiger partial charge is 0.434 e. The molecule has 0 radical (unpaired) electrons. The molecular formula is C16H20ClF3N4O2. The number of rotatable bonds is 4. The molecule has 3 rings (SSSR count). The van der Waals surface area contributed by atoms with Gasteiger partial charge >= 0.3 is 11.9 Å². The Bertz CT molecular complexity index is 782. The molecule has 1 heterocycles. The van der Waals surface area contributed by atoms with Crippen LogP contribution in [0.3, 0.4) is 0 Å². The second-order valence-corrected chi connectivity index (χ2v) is 6.34. The van der Waals surface area contributed by atoms with E-state index in [-0.39, 0.29) is 35.9 Å². The molecule has 0 saturated heterocycles. The second-order valence-electron chi connectivity index (χ2n) is 6.34. The van der Waals surface area contributed by atoms with Gasteiger partial charge in [0.15, 0.2) is 0 Å². The van der Waals surface area contributed by atoms with Gasteiger partial charge in [-0.15, -0.1) is 17.5 Å². The van der Waals surface area contributed by atoms with Crippen LogP contribution in [0.5, 0.6) is 0 Å². The summed E-state index contributed by atoms with van der Waals surface area (Å²) in [5, 5.41) is 8.65. The first kappa shape index (κ1) is 20.3. The highest BCUT2D eigenvalue weighted by Gasteiger charge is 2.34. The quantitative estimate of drug-likeness (QED) is 0.741. The third-order valence-corrected chi connectivity index (χ3v) is 4.48. The Kier molecular flexibility index (Phi) is 6.35. The average molecular weight is 393 g/mol. The monoisotopic (exact) mass is 392 g/mol. The van der Waals surface area contributed by atoms with Crippen molar-refractivity contribution in [3.8, 4) is 11.5 Å². The molecule has 144 valence electrons. The summed E-state index contributed by atoms with van der Waals surface area (Å²) in [6, 6.07) is 3.68. The number of anilines is 1. The van der Waals surface area contributed by atoms with Crippen LogP contribution in [0.1, 0.15) is 31.2 Å². The Morgan fingerprint density at radius 3 is 2.54 bits per heavy atom. The van der Waals surface area contributed by atoms with E-state index in [1.54, 1.807) is 0 Å². The van der Waals surface area contributed by atoms with E-state index in [0.29, 0.717) is 12.1 Å². The van der Waals surface area contributed by atoms with E-state index < -0.39 is 17.5 Å². The molecule has 2 aromatic rings. The highest BCUT2D eigenvalue weighted by molar-refractivity contribution is 5.85. The molecule has 0 unspecified atom stereocenters. The summed E-state index contributed by atoms with van der Waals surface area (Å²) >= 11 is 0. The van der Waals surface area contributed by atoms with Crippen LogP contribution in [-0.4, -0.2) is 22.8 Å². The van der Waals surface area contributed by atoms with Gasteiger partial charge in [0.1, 0.15) is 0 Å². The van der Waals surface area contributed by atoms with E-state index in [1.165, 1.54) is 12.1 Å². The van der Waals surface area contributed by atoms with Crippen LogP contribution in [0, 0.1) is 5.92 Å². The summed E-state index contributed by atoms with van der Waals surface area (Å²) in [6.07, 6.45) is -0.928. The number of aromatic amines is 1. The normalized spacial score (nSPS) is 20.5. The molecule has 1 fully saturated rings. The van der Waals surface area contributed by atoms with E-state index in [4.69, 9.17) is 10.2 Å². The van der Waals surface area contributed by atoms with Gasteiger partial charge in [-0.1, -0.05) is 0 Å². The number of hydrogen-bond acceptors (Lipinski definition) is 5. The van der Waals surface area contributed by atoms with Gasteiger partial charge in [-0.05, 0) is 49.8 Å². The molecule has 1 saturated carbocycles. The summed E-state index contributed by atoms with van der Waals surface area (Å²) < 4.78 is 44.6. The lowest BCUT2D eigenvalue weighted by Crippen LogP contribution is -2.29. The Hall–Kier alpha value is -2.00. The van der Waals surface area contributed by atoms with Crippen molar-refractivity contribution in [2.45, 2.75) is 37.9 Å². The molecule has 0 amide bonds. The molecule has 0 spiro atoms. The maximum atomic E-state index is 13.3. The zero-order valence-electron chi connectivity index (χ0n) is 13.8. The molecule has 4 N–H and O–H groups in total. The number of halogens is 4. The molecule has 26 heavy (non-hydrogen) atoms. The van der Waals surface area contributed by atoms with Crippen molar-refractivity contribution in [3.63, 3.8) is 0 Å². The molecule has 1 aromatic heterocycles. The fourth-order valence-electron chi connectivity index (χ4n) is 3.07. The molecule has 1 aliphatic carbocycles. The molecule has 6 nitrogen and oxygen atoms in total. The van der Waals surface area contributed by atoms with Crippen molar-refractivity contribution >= 4 is 18.1 Å². The van der Waals surface area contributed by atoms with Gasteiger partial charge in [-0.2, -0.15) is 13.2 Å². The van der Waals surface area contributed by atoms with Crippen LogP contribution in [0.2, 0.25) is 0 Å². The van der Waals surface area contributed by atoms with Gasteiger partial charge < -0.3 is 15.5 Å². The van der Waals surface area contributed by atoms with Crippen LogP contribution in [0.15, 0.2) is 27.4 Å². The second kappa shape index (κ2) is 8.13. The van der Waals surface area contributed by atoms with Crippen molar-refractivity contribution in [2.75, 3.05) is 11.9 Å². The highest BCUT2D eigenvalue weighted by atomic mass is 35.5. The van der Waals surface area contributed by atoms with Crippen molar-refractivity contribution < 1.29 is 17.6 Å². The van der Waals surface area contributed by atoms with Gasteiger partial charge in [-0.3, -0.25) is 0 Å². The molecule has 0 bridgehead atoms. The predicted octanol–water partition coefficient (Wildman–Crippen LogP) is 3.40. The molecule has 1 aromatic carbocycles. The molecule has 1 aliphatic rings. The number of nitrogens with two attached hydrogens (primary N) is 1. The number of benzene rings is 1. The zero-order chi connectivity index (χ0) is 18.0. The highest BCUT2D eigenvalue weighted by Crippen LogP contribution is 2.37. The Morgan fingerprint density at radius 1 is 1.27 bits per heavy atom. The number of nitrogens with one attached hydrogen (secondary N) is 2. The van der Waals surface area contributed by atoms with Crippen LogP contribution >= 0.6 is 12.4 Å². The van der Waals surface area contributed by atoms with Crippen LogP contribution < -0.4 is 16.8 Å². The summed E-state index contributed by atoms with van der Waals surface area (Å²) in [4.78, 5) is 11.0. The summed E-state index contributed by atoms with van der Waals surface area (Å²) in [5.41, 5.74) is 5.34. The fourth-order valence-corrected chi connectivity index (χ4v) is 3.07. The molecule has 10 heteroatoms. The lowest BCUT2D eigenvalue weighted by atomic mass is 9.86. The predicted molar refractivity (Wildman–Crippen MR) is 93.2 cm³/mol. The summed E-state index contributed by atoms with van der Waals surface area (Å²) in [7, 11) is 0. The number of alkyl halides is 3. The average Bonchev–Trinajstić information content (AvgIpc) is 3.00. The minimum Gasteiger partial charge on any atom is -0.388 e. The first-order valence-electron chi connectivity index (χ1n) is 8.09. The van der Waals surface area contributed by atoms with Crippen LogP contribution in [0.4, 0.5) is 18.9 Å². The fraction of sp³-hybridized carbons (Fsp3) is 0.500. The standard InChI is InChI=1S/C16H19F3N4O2.ClH/c17-16(18,19)12-6-3-10(14-22-23-15(24)25-14)7-13(12)21-8-9-1-4-11(20)5-2-9;/h3,6-7,9,11,21H,1-2,4-5,8,20H2,(H,23,24);1H. The van der Waals surface area contributed by atoms with E-state index in [0.717, 1.165) is 31.7 Å². The first-order chi connectivity index (χ1) is 11.8. The smallest absolute Gasteiger partial charge is 0.388 e. The minimum absolute atomic E-state index is 0. The Labute approximate surface area is 153 Å². The van der Waals surface area contributed by atoms with Crippen molar-refractivity contribution in [3.05, 3.63) is 34.3 Å². The first-order valence-corrected chi connectivity index (χ1v) is 8.09. The van der Waals surface area contributed by atoms with E-state index >= 15 is 0 Å². The van der Waals surface area contributed by atoms with Gasteiger partial charge in [0.05, 0.1) is 5.56 Å². The summed E-state index contributed by atoms with van der Waals surface area (Å²) in [5.74, 6) is -0.527. The lowest BCUT2D eigenvalue weighted by Gasteiger charge is -2.27. The topological polar surface area (TPSA) is 96.9 Å².